The summed E-state index contributed by atoms with van der Waals surface area (Å²) in [4.78, 5) is 7.43. The van der Waals surface area contributed by atoms with Gasteiger partial charge in [0.25, 0.3) is 0 Å². The summed E-state index contributed by atoms with van der Waals surface area (Å²) in [7, 11) is -3.45. The van der Waals surface area contributed by atoms with Gasteiger partial charge in [0.05, 0.1) is 5.37 Å². The van der Waals surface area contributed by atoms with Crippen molar-refractivity contribution in [3.8, 4) is 0 Å². The van der Waals surface area contributed by atoms with Gasteiger partial charge in [-0.05, 0) is 18.6 Å². The molecule has 0 bridgehead atoms. The number of aromatic nitrogens is 2. The van der Waals surface area contributed by atoms with Crippen molar-refractivity contribution in [1.82, 2.24) is 14.3 Å². The van der Waals surface area contributed by atoms with Gasteiger partial charge in [0.1, 0.15) is 10.5 Å². The first kappa shape index (κ1) is 13.9. The number of nitrogens with one attached hydrogen (secondary N) is 1. The summed E-state index contributed by atoms with van der Waals surface area (Å²) in [5.74, 6) is 0.866. The van der Waals surface area contributed by atoms with Crippen LogP contribution in [-0.4, -0.2) is 40.4 Å². The third-order valence-electron chi connectivity index (χ3n) is 3.48. The number of pyridine rings is 1. The van der Waals surface area contributed by atoms with Crippen LogP contribution in [0.5, 0.6) is 0 Å². The number of rotatable bonds is 4. The fourth-order valence-electron chi connectivity index (χ4n) is 2.53. The molecular formula is C13H17N3O2S2. The van der Waals surface area contributed by atoms with Gasteiger partial charge in [0, 0.05) is 30.1 Å². The molecule has 2 aromatic heterocycles. The third kappa shape index (κ3) is 2.23. The number of nitrogens with zero attached hydrogens (tertiary/aromatic N) is 2. The van der Waals surface area contributed by atoms with E-state index in [1.165, 1.54) is 0 Å². The Balaban J connectivity index is 2.03. The molecule has 1 atom stereocenters. The van der Waals surface area contributed by atoms with Crippen molar-refractivity contribution in [2.24, 2.45) is 0 Å². The number of hydrogen-bond donors (Lipinski definition) is 1. The van der Waals surface area contributed by atoms with E-state index < -0.39 is 10.0 Å². The maximum atomic E-state index is 12.9. The van der Waals surface area contributed by atoms with Crippen molar-refractivity contribution in [1.29, 1.82) is 0 Å². The van der Waals surface area contributed by atoms with Gasteiger partial charge in [0.2, 0.25) is 10.0 Å². The molecule has 1 aliphatic heterocycles. The van der Waals surface area contributed by atoms with Crippen LogP contribution in [0.2, 0.25) is 0 Å². The number of fused-ring (bicyclic) bond motifs is 1. The highest BCUT2D eigenvalue weighted by atomic mass is 32.2. The highest BCUT2D eigenvalue weighted by molar-refractivity contribution is 8.01. The van der Waals surface area contributed by atoms with Crippen molar-refractivity contribution in [2.45, 2.75) is 30.0 Å². The molecule has 0 unspecified atom stereocenters. The SMILES string of the molecule is CCC[C@H]1SCCN1S(=O)(=O)c1c[nH]c2ncccc12. The van der Waals surface area contributed by atoms with E-state index in [9.17, 15) is 8.42 Å². The van der Waals surface area contributed by atoms with Crippen LogP contribution in [0.15, 0.2) is 29.4 Å². The molecule has 2 aromatic rings. The van der Waals surface area contributed by atoms with E-state index in [1.54, 1.807) is 40.6 Å². The van der Waals surface area contributed by atoms with Crippen molar-refractivity contribution in [3.63, 3.8) is 0 Å². The van der Waals surface area contributed by atoms with Gasteiger partial charge in [-0.25, -0.2) is 13.4 Å². The first-order chi connectivity index (χ1) is 9.64. The van der Waals surface area contributed by atoms with Crippen LogP contribution in [0, 0.1) is 0 Å². The summed E-state index contributed by atoms with van der Waals surface area (Å²) in [6.45, 7) is 2.67. The van der Waals surface area contributed by atoms with Crippen LogP contribution in [-0.2, 0) is 10.0 Å². The van der Waals surface area contributed by atoms with E-state index in [2.05, 4.69) is 16.9 Å². The Kier molecular flexibility index (Phi) is 3.74. The second kappa shape index (κ2) is 5.38. The summed E-state index contributed by atoms with van der Waals surface area (Å²) in [5.41, 5.74) is 0.616. The predicted molar refractivity (Wildman–Crippen MR) is 81.1 cm³/mol. The van der Waals surface area contributed by atoms with Crippen LogP contribution in [0.1, 0.15) is 19.8 Å². The van der Waals surface area contributed by atoms with Crippen molar-refractivity contribution < 1.29 is 8.42 Å². The van der Waals surface area contributed by atoms with Gasteiger partial charge >= 0.3 is 0 Å². The fraction of sp³-hybridized carbons (Fsp3) is 0.462. The Morgan fingerprint density at radius 2 is 2.40 bits per heavy atom. The summed E-state index contributed by atoms with van der Waals surface area (Å²) in [5, 5.41) is 0.728. The molecule has 5 nitrogen and oxygen atoms in total. The van der Waals surface area contributed by atoms with Crippen LogP contribution in [0.25, 0.3) is 11.0 Å². The van der Waals surface area contributed by atoms with Crippen LogP contribution in [0.3, 0.4) is 0 Å². The standard InChI is InChI=1S/C13H17N3O2S2/c1-2-4-12-16(7-8-19-12)20(17,18)11-9-15-13-10(11)5-3-6-14-13/h3,5-6,9,12H,2,4,7-8H2,1H3,(H,14,15)/t12-/m1/s1. The average molecular weight is 311 g/mol. The zero-order valence-electron chi connectivity index (χ0n) is 11.2. The van der Waals surface area contributed by atoms with Crippen molar-refractivity contribution in [3.05, 3.63) is 24.5 Å². The molecule has 1 fully saturated rings. The lowest BCUT2D eigenvalue weighted by atomic mass is 10.3. The highest BCUT2D eigenvalue weighted by Gasteiger charge is 2.36. The Hall–Kier alpha value is -1.05. The number of H-pyrrole nitrogens is 1. The Morgan fingerprint density at radius 3 is 3.20 bits per heavy atom. The van der Waals surface area contributed by atoms with Gasteiger partial charge in [-0.2, -0.15) is 4.31 Å². The lowest BCUT2D eigenvalue weighted by Crippen LogP contribution is -2.34. The molecule has 1 saturated heterocycles. The molecule has 108 valence electrons. The molecular weight excluding hydrogens is 294 g/mol. The molecule has 7 heteroatoms. The molecule has 0 saturated carbocycles. The second-order valence-corrected chi connectivity index (χ2v) is 7.93. The second-order valence-electron chi connectivity index (χ2n) is 4.78. The van der Waals surface area contributed by atoms with E-state index in [0.717, 1.165) is 18.6 Å². The quantitative estimate of drug-likeness (QED) is 0.942. The van der Waals surface area contributed by atoms with E-state index in [0.29, 0.717) is 22.5 Å². The number of aromatic amines is 1. The topological polar surface area (TPSA) is 66.1 Å². The van der Waals surface area contributed by atoms with E-state index in [1.807, 2.05) is 0 Å². The Morgan fingerprint density at radius 1 is 1.55 bits per heavy atom. The largest absolute Gasteiger partial charge is 0.345 e. The molecule has 0 aliphatic carbocycles. The maximum absolute atomic E-state index is 12.9. The normalized spacial score (nSPS) is 20.8. The first-order valence-corrected chi connectivity index (χ1v) is 9.19. The van der Waals surface area contributed by atoms with Gasteiger partial charge in [-0.3, -0.25) is 0 Å². The summed E-state index contributed by atoms with van der Waals surface area (Å²) >= 11 is 1.73. The molecule has 20 heavy (non-hydrogen) atoms. The minimum Gasteiger partial charge on any atom is -0.345 e. The van der Waals surface area contributed by atoms with Gasteiger partial charge < -0.3 is 4.98 Å². The van der Waals surface area contributed by atoms with Crippen LogP contribution < -0.4 is 0 Å². The van der Waals surface area contributed by atoms with Crippen molar-refractivity contribution in [2.75, 3.05) is 12.3 Å². The van der Waals surface area contributed by atoms with Crippen molar-refractivity contribution >= 4 is 32.8 Å². The van der Waals surface area contributed by atoms with E-state index in [-0.39, 0.29) is 5.37 Å². The fourth-order valence-corrected chi connectivity index (χ4v) is 6.06. The molecule has 0 amide bonds. The molecule has 0 aromatic carbocycles. The summed E-state index contributed by atoms with van der Waals surface area (Å²) < 4.78 is 27.4. The summed E-state index contributed by atoms with van der Waals surface area (Å²) in [6, 6.07) is 3.56. The molecule has 1 N–H and O–H groups in total. The van der Waals surface area contributed by atoms with Crippen LogP contribution in [0.4, 0.5) is 0 Å². The number of thioether (sulfide) groups is 1. The third-order valence-corrected chi connectivity index (χ3v) is 6.85. The minimum atomic E-state index is -3.45. The molecule has 3 rings (SSSR count). The summed E-state index contributed by atoms with van der Waals surface area (Å²) in [6.07, 6.45) is 5.09. The smallest absolute Gasteiger partial charge is 0.246 e. The lowest BCUT2D eigenvalue weighted by Gasteiger charge is -2.22. The zero-order valence-corrected chi connectivity index (χ0v) is 12.9. The maximum Gasteiger partial charge on any atom is 0.246 e. The number of hydrogen-bond acceptors (Lipinski definition) is 4. The highest BCUT2D eigenvalue weighted by Crippen LogP contribution is 2.34. The predicted octanol–water partition coefficient (Wildman–Crippen LogP) is 2.43. The van der Waals surface area contributed by atoms with Gasteiger partial charge in [0.15, 0.2) is 0 Å². The van der Waals surface area contributed by atoms with Crippen LogP contribution >= 0.6 is 11.8 Å². The molecule has 0 radical (unpaired) electrons. The molecule has 0 spiro atoms. The first-order valence-electron chi connectivity index (χ1n) is 6.70. The lowest BCUT2D eigenvalue weighted by molar-refractivity contribution is 0.412. The monoisotopic (exact) mass is 311 g/mol. The molecule has 1 aliphatic rings. The minimum absolute atomic E-state index is 0.0617. The average Bonchev–Trinajstić information content (AvgIpc) is 3.05. The van der Waals surface area contributed by atoms with E-state index >= 15 is 0 Å². The van der Waals surface area contributed by atoms with E-state index in [4.69, 9.17) is 0 Å². The van der Waals surface area contributed by atoms with Gasteiger partial charge in [-0.15, -0.1) is 11.8 Å². The number of sulfonamides is 1. The Labute approximate surface area is 122 Å². The Bertz CT molecular complexity index is 711. The zero-order chi connectivity index (χ0) is 14.2. The molecule has 3 heterocycles. The van der Waals surface area contributed by atoms with Gasteiger partial charge in [-0.1, -0.05) is 13.3 Å².